The van der Waals surface area contributed by atoms with Gasteiger partial charge in [-0.3, -0.25) is 4.79 Å². The van der Waals surface area contributed by atoms with Crippen molar-refractivity contribution in [1.29, 1.82) is 0 Å². The van der Waals surface area contributed by atoms with Crippen molar-refractivity contribution in [3.05, 3.63) is 47.0 Å². The number of esters is 1. The quantitative estimate of drug-likeness (QED) is 0.724. The van der Waals surface area contributed by atoms with Gasteiger partial charge in [-0.25, -0.2) is 4.79 Å². The van der Waals surface area contributed by atoms with E-state index < -0.39 is 18.0 Å². The van der Waals surface area contributed by atoms with Gasteiger partial charge in [-0.15, -0.1) is 0 Å². The number of rotatable bonds is 7. The Balaban J connectivity index is 2.24. The van der Waals surface area contributed by atoms with Crippen molar-refractivity contribution in [2.45, 2.75) is 13.0 Å². The highest BCUT2D eigenvalue weighted by Gasteiger charge is 2.22. The molecule has 0 heterocycles. The largest absolute Gasteiger partial charge is 0.493 e. The minimum absolute atomic E-state index is 0.127. The van der Waals surface area contributed by atoms with Crippen molar-refractivity contribution in [3.8, 4) is 17.2 Å². The fraction of sp³-hybridized carbons (Fsp3) is 0.263. The lowest BCUT2D eigenvalue weighted by Crippen LogP contribution is -2.30. The van der Waals surface area contributed by atoms with Crippen LogP contribution in [0.15, 0.2) is 36.4 Å². The van der Waals surface area contributed by atoms with Gasteiger partial charge in [0.1, 0.15) is 5.75 Å². The molecule has 1 atom stereocenters. The first-order chi connectivity index (χ1) is 12.9. The Morgan fingerprint density at radius 2 is 1.59 bits per heavy atom. The lowest BCUT2D eigenvalue weighted by atomic mass is 10.1. The summed E-state index contributed by atoms with van der Waals surface area (Å²) in [5, 5.41) is 3.22. The summed E-state index contributed by atoms with van der Waals surface area (Å²) >= 11 is 5.83. The molecule has 0 radical (unpaired) electrons. The Morgan fingerprint density at radius 3 is 2.15 bits per heavy atom. The molecule has 0 fully saturated rings. The third kappa shape index (κ3) is 5.04. The molecule has 0 aliphatic heterocycles. The van der Waals surface area contributed by atoms with Crippen molar-refractivity contribution >= 4 is 29.2 Å². The summed E-state index contributed by atoms with van der Waals surface area (Å²) in [6.07, 6.45) is -0.829. The van der Waals surface area contributed by atoms with Crippen LogP contribution in [0.5, 0.6) is 17.2 Å². The van der Waals surface area contributed by atoms with Crippen LogP contribution >= 0.6 is 11.6 Å². The molecule has 0 aliphatic carbocycles. The van der Waals surface area contributed by atoms with Crippen LogP contribution in [-0.4, -0.2) is 39.3 Å². The molecule has 8 heteroatoms. The minimum Gasteiger partial charge on any atom is -0.493 e. The zero-order valence-electron chi connectivity index (χ0n) is 15.4. The van der Waals surface area contributed by atoms with Crippen LogP contribution < -0.4 is 19.5 Å². The number of hydrogen-bond donors (Lipinski definition) is 1. The Labute approximate surface area is 162 Å². The van der Waals surface area contributed by atoms with Crippen molar-refractivity contribution in [1.82, 2.24) is 0 Å². The van der Waals surface area contributed by atoms with Gasteiger partial charge in [-0.2, -0.15) is 0 Å². The Hall–Kier alpha value is -2.93. The molecular weight excluding hydrogens is 374 g/mol. The van der Waals surface area contributed by atoms with E-state index in [1.807, 2.05) is 0 Å². The third-order valence-corrected chi connectivity index (χ3v) is 3.93. The van der Waals surface area contributed by atoms with E-state index in [0.717, 1.165) is 0 Å². The van der Waals surface area contributed by atoms with E-state index in [1.165, 1.54) is 33.5 Å². The van der Waals surface area contributed by atoms with Crippen molar-refractivity contribution in [2.24, 2.45) is 0 Å². The summed E-state index contributed by atoms with van der Waals surface area (Å²) in [5.41, 5.74) is 0.346. The van der Waals surface area contributed by atoms with E-state index in [2.05, 4.69) is 5.32 Å². The van der Waals surface area contributed by atoms with Crippen molar-refractivity contribution < 1.29 is 28.5 Å². The molecule has 0 bridgehead atoms. The van der Waals surface area contributed by atoms with E-state index in [0.29, 0.717) is 22.3 Å². The molecule has 0 saturated carbocycles. The van der Waals surface area contributed by atoms with Gasteiger partial charge in [0.25, 0.3) is 5.91 Å². The Morgan fingerprint density at radius 1 is 1.00 bits per heavy atom. The minimum atomic E-state index is -0.829. The van der Waals surface area contributed by atoms with E-state index in [-0.39, 0.29) is 11.3 Å². The molecule has 1 amide bonds. The van der Waals surface area contributed by atoms with Crippen LogP contribution in [0.1, 0.15) is 17.3 Å². The van der Waals surface area contributed by atoms with Crippen molar-refractivity contribution in [2.75, 3.05) is 26.6 Å². The van der Waals surface area contributed by atoms with Gasteiger partial charge >= 0.3 is 5.97 Å². The number of halogens is 1. The number of methoxy groups -OCH3 is 3. The van der Waals surface area contributed by atoms with Gasteiger partial charge in [-0.1, -0.05) is 11.6 Å². The predicted octanol–water partition coefficient (Wildman–Crippen LogP) is 3.55. The van der Waals surface area contributed by atoms with E-state index in [9.17, 15) is 9.59 Å². The molecular formula is C19H20ClNO6. The van der Waals surface area contributed by atoms with Gasteiger partial charge in [0.05, 0.1) is 32.6 Å². The molecule has 27 heavy (non-hydrogen) atoms. The highest BCUT2D eigenvalue weighted by atomic mass is 35.5. The first kappa shape index (κ1) is 20.4. The normalized spacial score (nSPS) is 11.3. The lowest BCUT2D eigenvalue weighted by molar-refractivity contribution is -0.122. The number of hydrogen-bond acceptors (Lipinski definition) is 6. The maximum atomic E-state index is 12.5. The number of anilines is 1. The molecule has 0 aliphatic rings. The van der Waals surface area contributed by atoms with Crippen LogP contribution in [0.25, 0.3) is 0 Å². The van der Waals surface area contributed by atoms with Gasteiger partial charge in [-0.05, 0) is 31.2 Å². The average molecular weight is 394 g/mol. The molecule has 0 aromatic heterocycles. The SMILES string of the molecule is COC(=O)c1cc(OC)c(OC)cc1NC(=O)[C@H](C)Oc1ccc(Cl)cc1. The third-order valence-electron chi connectivity index (χ3n) is 3.68. The highest BCUT2D eigenvalue weighted by Crippen LogP contribution is 2.34. The van der Waals surface area contributed by atoms with E-state index in [1.54, 1.807) is 31.2 Å². The second-order valence-corrected chi connectivity index (χ2v) is 5.88. The molecule has 0 unspecified atom stereocenters. The predicted molar refractivity (Wildman–Crippen MR) is 101 cm³/mol. The molecule has 144 valence electrons. The summed E-state index contributed by atoms with van der Waals surface area (Å²) in [5.74, 6) is 0.0930. The fourth-order valence-corrected chi connectivity index (χ4v) is 2.39. The van der Waals surface area contributed by atoms with Gasteiger partial charge in [0.15, 0.2) is 17.6 Å². The Kier molecular flexibility index (Phi) is 6.90. The summed E-state index contributed by atoms with van der Waals surface area (Å²) in [7, 11) is 4.14. The topological polar surface area (TPSA) is 83.1 Å². The zero-order chi connectivity index (χ0) is 20.0. The number of ether oxygens (including phenoxy) is 4. The van der Waals surface area contributed by atoms with Gasteiger partial charge in [0.2, 0.25) is 0 Å². The monoisotopic (exact) mass is 393 g/mol. The number of benzene rings is 2. The molecule has 2 aromatic carbocycles. The summed E-state index contributed by atoms with van der Waals surface area (Å²) in [4.78, 5) is 24.6. The van der Waals surface area contributed by atoms with Crippen LogP contribution in [0.4, 0.5) is 5.69 Å². The number of carbonyl (C=O) groups excluding carboxylic acids is 2. The maximum absolute atomic E-state index is 12.5. The molecule has 1 N–H and O–H groups in total. The standard InChI is InChI=1S/C19H20ClNO6/c1-11(27-13-7-5-12(20)6-8-13)18(22)21-15-10-17(25-3)16(24-2)9-14(15)19(23)26-4/h5-11H,1-4H3,(H,21,22)/t11-/m0/s1. The van der Waals surface area contributed by atoms with Gasteiger partial charge < -0.3 is 24.3 Å². The number of amides is 1. The molecule has 2 rings (SSSR count). The second-order valence-electron chi connectivity index (χ2n) is 5.45. The first-order valence-corrected chi connectivity index (χ1v) is 8.34. The maximum Gasteiger partial charge on any atom is 0.340 e. The molecule has 2 aromatic rings. The van der Waals surface area contributed by atoms with E-state index >= 15 is 0 Å². The Bertz CT molecular complexity index is 822. The highest BCUT2D eigenvalue weighted by molar-refractivity contribution is 6.30. The van der Waals surface area contributed by atoms with Crippen molar-refractivity contribution in [3.63, 3.8) is 0 Å². The second kappa shape index (κ2) is 9.14. The van der Waals surface area contributed by atoms with Gasteiger partial charge in [0, 0.05) is 17.2 Å². The molecule has 0 spiro atoms. The van der Waals surface area contributed by atoms with E-state index in [4.69, 9.17) is 30.5 Å². The number of carbonyl (C=O) groups is 2. The average Bonchev–Trinajstić information content (AvgIpc) is 2.68. The number of nitrogens with one attached hydrogen (secondary N) is 1. The zero-order valence-corrected chi connectivity index (χ0v) is 16.1. The van der Waals surface area contributed by atoms with Crippen LogP contribution in [0.3, 0.4) is 0 Å². The summed E-state index contributed by atoms with van der Waals surface area (Å²) in [6, 6.07) is 9.55. The lowest BCUT2D eigenvalue weighted by Gasteiger charge is -2.18. The smallest absolute Gasteiger partial charge is 0.340 e. The van der Waals surface area contributed by atoms with Crippen LogP contribution in [-0.2, 0) is 9.53 Å². The summed E-state index contributed by atoms with van der Waals surface area (Å²) in [6.45, 7) is 1.59. The van der Waals surface area contributed by atoms with Crippen LogP contribution in [0.2, 0.25) is 5.02 Å². The molecule has 0 saturated heterocycles. The van der Waals surface area contributed by atoms with Crippen LogP contribution in [0, 0.1) is 0 Å². The summed E-state index contributed by atoms with van der Waals surface area (Å²) < 4.78 is 20.8. The first-order valence-electron chi connectivity index (χ1n) is 7.97. The molecule has 7 nitrogen and oxygen atoms in total. The fourth-order valence-electron chi connectivity index (χ4n) is 2.27.